The van der Waals surface area contributed by atoms with Gasteiger partial charge in [0.2, 0.25) is 0 Å². The van der Waals surface area contributed by atoms with E-state index in [0.717, 1.165) is 11.2 Å². The Morgan fingerprint density at radius 2 is 1.90 bits per heavy atom. The van der Waals surface area contributed by atoms with Crippen LogP contribution in [-0.4, -0.2) is 41.5 Å². The van der Waals surface area contributed by atoms with Crippen molar-refractivity contribution in [2.24, 2.45) is 7.05 Å². The molecule has 3 heterocycles. The lowest BCUT2D eigenvalue weighted by atomic mass is 9.78. The highest BCUT2D eigenvalue weighted by Gasteiger charge is 2.53. The van der Waals surface area contributed by atoms with Gasteiger partial charge in [-0.1, -0.05) is 0 Å². The first-order chi connectivity index (χ1) is 9.30. The lowest BCUT2D eigenvalue weighted by Crippen LogP contribution is -2.41. The second-order valence-corrected chi connectivity index (χ2v) is 6.38. The van der Waals surface area contributed by atoms with Gasteiger partial charge in [-0.05, 0) is 27.7 Å². The molecule has 0 N–H and O–H groups in total. The molecule has 0 spiro atoms. The molecular formula is C13H21BN2O4. The van der Waals surface area contributed by atoms with Crippen molar-refractivity contribution in [2.75, 3.05) is 13.4 Å². The van der Waals surface area contributed by atoms with E-state index in [-0.39, 0.29) is 17.3 Å². The molecule has 0 saturated carbocycles. The van der Waals surface area contributed by atoms with Gasteiger partial charge in [-0.3, -0.25) is 4.68 Å². The quantitative estimate of drug-likeness (QED) is 0.749. The first-order valence-corrected chi connectivity index (χ1v) is 6.88. The molecule has 0 aliphatic carbocycles. The second kappa shape index (κ2) is 4.56. The molecule has 3 rings (SSSR count). The Bertz CT molecular complexity index is 492. The fourth-order valence-corrected chi connectivity index (χ4v) is 2.42. The number of nitrogens with zero attached hydrogens (tertiary/aromatic N) is 2. The normalized spacial score (nSPS) is 28.2. The van der Waals surface area contributed by atoms with Gasteiger partial charge in [0.25, 0.3) is 0 Å². The molecule has 0 radical (unpaired) electrons. The summed E-state index contributed by atoms with van der Waals surface area (Å²) in [7, 11) is 1.46. The van der Waals surface area contributed by atoms with Crippen LogP contribution in [-0.2, 0) is 25.8 Å². The van der Waals surface area contributed by atoms with Gasteiger partial charge >= 0.3 is 7.12 Å². The van der Waals surface area contributed by atoms with E-state index in [1.165, 1.54) is 0 Å². The Morgan fingerprint density at radius 3 is 2.45 bits per heavy atom. The lowest BCUT2D eigenvalue weighted by Gasteiger charge is -2.32. The van der Waals surface area contributed by atoms with Crippen LogP contribution in [0.4, 0.5) is 0 Å². The van der Waals surface area contributed by atoms with Gasteiger partial charge in [0, 0.05) is 18.7 Å². The maximum absolute atomic E-state index is 6.09. The SMILES string of the molecule is Cn1cc(B2OC(C)(C)C(C)(C)O2)c(C2COCO2)n1. The highest BCUT2D eigenvalue weighted by molar-refractivity contribution is 6.62. The molecule has 7 heteroatoms. The molecule has 0 aromatic carbocycles. The van der Waals surface area contributed by atoms with E-state index < -0.39 is 7.12 Å². The van der Waals surface area contributed by atoms with Crippen molar-refractivity contribution in [3.8, 4) is 0 Å². The van der Waals surface area contributed by atoms with Gasteiger partial charge < -0.3 is 18.8 Å². The molecule has 2 aliphatic heterocycles. The van der Waals surface area contributed by atoms with Gasteiger partial charge in [-0.2, -0.15) is 5.10 Å². The smallest absolute Gasteiger partial charge is 0.399 e. The summed E-state index contributed by atoms with van der Waals surface area (Å²) >= 11 is 0. The van der Waals surface area contributed by atoms with E-state index in [1.54, 1.807) is 4.68 Å². The highest BCUT2D eigenvalue weighted by atomic mass is 16.7. The third kappa shape index (κ3) is 2.18. The number of ether oxygens (including phenoxy) is 2. The monoisotopic (exact) mass is 280 g/mol. The molecule has 110 valence electrons. The molecule has 6 nitrogen and oxygen atoms in total. The molecule has 1 unspecified atom stereocenters. The summed E-state index contributed by atoms with van der Waals surface area (Å²) in [6.45, 7) is 8.99. The summed E-state index contributed by atoms with van der Waals surface area (Å²) in [5.74, 6) is 0. The van der Waals surface area contributed by atoms with Gasteiger partial charge in [0.05, 0.1) is 23.5 Å². The average Bonchev–Trinajstić information content (AvgIpc) is 2.98. The van der Waals surface area contributed by atoms with E-state index in [1.807, 2.05) is 40.9 Å². The zero-order valence-electron chi connectivity index (χ0n) is 12.7. The molecule has 2 aliphatic rings. The molecule has 1 aromatic heterocycles. The average molecular weight is 280 g/mol. The summed E-state index contributed by atoms with van der Waals surface area (Å²) in [5.41, 5.74) is 1.03. The number of rotatable bonds is 2. The molecule has 0 bridgehead atoms. The van der Waals surface area contributed by atoms with Crippen LogP contribution in [0.15, 0.2) is 6.20 Å². The van der Waals surface area contributed by atoms with Crippen LogP contribution in [0.25, 0.3) is 0 Å². The minimum absolute atomic E-state index is 0.148. The van der Waals surface area contributed by atoms with Gasteiger partial charge in [-0.15, -0.1) is 0 Å². The molecule has 2 fully saturated rings. The Hall–Kier alpha value is -0.885. The van der Waals surface area contributed by atoms with Crippen molar-refractivity contribution in [1.82, 2.24) is 9.78 Å². The van der Waals surface area contributed by atoms with Crippen LogP contribution in [0.3, 0.4) is 0 Å². The summed E-state index contributed by atoms with van der Waals surface area (Å²) < 4.78 is 24.8. The minimum atomic E-state index is -0.423. The Labute approximate surface area is 119 Å². The second-order valence-electron chi connectivity index (χ2n) is 6.38. The van der Waals surface area contributed by atoms with Crippen molar-refractivity contribution in [3.05, 3.63) is 11.9 Å². The third-order valence-corrected chi connectivity index (χ3v) is 4.32. The van der Waals surface area contributed by atoms with Gasteiger partial charge in [0.15, 0.2) is 0 Å². The zero-order valence-corrected chi connectivity index (χ0v) is 12.7. The van der Waals surface area contributed by atoms with Crippen LogP contribution >= 0.6 is 0 Å². The summed E-state index contributed by atoms with van der Waals surface area (Å²) in [6.07, 6.45) is 1.78. The largest absolute Gasteiger partial charge is 0.498 e. The van der Waals surface area contributed by atoms with Crippen molar-refractivity contribution < 1.29 is 18.8 Å². The first-order valence-electron chi connectivity index (χ1n) is 6.88. The molecule has 1 atom stereocenters. The summed E-state index contributed by atoms with van der Waals surface area (Å²) in [6, 6.07) is 0. The molecule has 0 amide bonds. The van der Waals surface area contributed by atoms with Crippen LogP contribution in [0, 0.1) is 0 Å². The maximum Gasteiger partial charge on any atom is 0.498 e. The highest BCUT2D eigenvalue weighted by Crippen LogP contribution is 2.37. The Morgan fingerprint density at radius 1 is 1.25 bits per heavy atom. The maximum atomic E-state index is 6.09. The van der Waals surface area contributed by atoms with Crippen molar-refractivity contribution in [3.63, 3.8) is 0 Å². The molecular weight excluding hydrogens is 259 g/mol. The number of hydrogen-bond acceptors (Lipinski definition) is 5. The van der Waals surface area contributed by atoms with Crippen molar-refractivity contribution >= 4 is 12.6 Å². The number of aryl methyl sites for hydroxylation is 1. The van der Waals surface area contributed by atoms with E-state index in [2.05, 4.69) is 5.10 Å². The Kier molecular flexibility index (Phi) is 3.21. The predicted molar refractivity (Wildman–Crippen MR) is 73.6 cm³/mol. The van der Waals surface area contributed by atoms with Crippen LogP contribution in [0.1, 0.15) is 39.5 Å². The first kappa shape index (κ1) is 14.1. The standard InChI is InChI=1S/C13H21BN2O4/c1-12(2)13(3,4)20-14(19-12)9-6-16(5)15-11(9)10-7-17-8-18-10/h6,10H,7-8H2,1-5H3. The lowest BCUT2D eigenvalue weighted by molar-refractivity contribution is 0.00578. The Balaban J connectivity index is 1.91. The van der Waals surface area contributed by atoms with Crippen LogP contribution < -0.4 is 5.46 Å². The number of hydrogen-bond donors (Lipinski definition) is 0. The van der Waals surface area contributed by atoms with Crippen molar-refractivity contribution in [2.45, 2.75) is 45.0 Å². The number of aromatic nitrogens is 2. The topological polar surface area (TPSA) is 54.7 Å². The fourth-order valence-electron chi connectivity index (χ4n) is 2.42. The van der Waals surface area contributed by atoms with Crippen molar-refractivity contribution in [1.29, 1.82) is 0 Å². The molecule has 20 heavy (non-hydrogen) atoms. The predicted octanol–water partition coefficient (Wildman–Crippen LogP) is 0.765. The third-order valence-electron chi connectivity index (χ3n) is 4.32. The molecule has 2 saturated heterocycles. The van der Waals surface area contributed by atoms with E-state index in [0.29, 0.717) is 13.4 Å². The summed E-state index contributed by atoms with van der Waals surface area (Å²) in [4.78, 5) is 0. The summed E-state index contributed by atoms with van der Waals surface area (Å²) in [5, 5.41) is 4.48. The molecule has 1 aromatic rings. The van der Waals surface area contributed by atoms with Gasteiger partial charge in [-0.25, -0.2) is 0 Å². The zero-order chi connectivity index (χ0) is 14.5. The fraction of sp³-hybridized carbons (Fsp3) is 0.769. The van der Waals surface area contributed by atoms with E-state index in [4.69, 9.17) is 18.8 Å². The minimum Gasteiger partial charge on any atom is -0.399 e. The van der Waals surface area contributed by atoms with Crippen LogP contribution in [0.5, 0.6) is 0 Å². The van der Waals surface area contributed by atoms with Gasteiger partial charge in [0.1, 0.15) is 12.9 Å². The van der Waals surface area contributed by atoms with Crippen LogP contribution in [0.2, 0.25) is 0 Å². The van der Waals surface area contributed by atoms with E-state index in [9.17, 15) is 0 Å². The van der Waals surface area contributed by atoms with E-state index >= 15 is 0 Å².